The molecule has 1 aliphatic rings. The maximum absolute atomic E-state index is 11.3. The van der Waals surface area contributed by atoms with E-state index in [4.69, 9.17) is 9.47 Å². The van der Waals surface area contributed by atoms with Gasteiger partial charge in [0, 0.05) is 30.4 Å². The van der Waals surface area contributed by atoms with Crippen molar-refractivity contribution in [3.05, 3.63) is 51.6 Å². The van der Waals surface area contributed by atoms with Gasteiger partial charge in [0.2, 0.25) is 0 Å². The summed E-state index contributed by atoms with van der Waals surface area (Å²) in [6.45, 7) is 1.40. The first-order chi connectivity index (χ1) is 12.1. The van der Waals surface area contributed by atoms with Crippen LogP contribution in [0.25, 0.3) is 0 Å². The maximum atomic E-state index is 11.3. The fraction of sp³-hybridized carbons (Fsp3) is 0.333. The zero-order chi connectivity index (χ0) is 17.8. The van der Waals surface area contributed by atoms with Crippen LogP contribution in [-0.4, -0.2) is 32.2 Å². The number of hydrogen-bond donors (Lipinski definition) is 2. The molecule has 0 bridgehead atoms. The predicted octanol–water partition coefficient (Wildman–Crippen LogP) is 3.23. The maximum Gasteiger partial charge on any atom is 0.292 e. The second kappa shape index (κ2) is 7.29. The molecule has 0 radical (unpaired) electrons. The second-order valence-electron chi connectivity index (χ2n) is 5.79. The van der Waals surface area contributed by atoms with Crippen molar-refractivity contribution >= 4 is 17.1 Å². The van der Waals surface area contributed by atoms with Crippen molar-refractivity contribution in [3.63, 3.8) is 0 Å². The second-order valence-corrected chi connectivity index (χ2v) is 5.79. The summed E-state index contributed by atoms with van der Waals surface area (Å²) >= 11 is 0. The molecule has 7 heteroatoms. The van der Waals surface area contributed by atoms with Gasteiger partial charge in [-0.2, -0.15) is 0 Å². The van der Waals surface area contributed by atoms with Crippen LogP contribution in [0.3, 0.4) is 0 Å². The molecule has 2 aromatic carbocycles. The minimum atomic E-state index is -0.336. The molecule has 0 atom stereocenters. The lowest BCUT2D eigenvalue weighted by Gasteiger charge is -2.13. The number of anilines is 2. The summed E-state index contributed by atoms with van der Waals surface area (Å²) in [4.78, 5) is 11.0. The van der Waals surface area contributed by atoms with Crippen LogP contribution >= 0.6 is 0 Å². The van der Waals surface area contributed by atoms with Crippen LogP contribution in [0.2, 0.25) is 0 Å². The summed E-state index contributed by atoms with van der Waals surface area (Å²) in [5.74, 6) is 1.36. The van der Waals surface area contributed by atoms with E-state index in [0.717, 1.165) is 29.8 Å². The molecule has 0 aromatic heterocycles. The van der Waals surface area contributed by atoms with Crippen LogP contribution < -0.4 is 20.1 Å². The zero-order valence-electron chi connectivity index (χ0n) is 14.3. The largest absolute Gasteiger partial charge is 0.493 e. The third-order valence-corrected chi connectivity index (χ3v) is 4.34. The molecule has 2 aromatic rings. The van der Waals surface area contributed by atoms with Gasteiger partial charge < -0.3 is 20.1 Å². The SMILES string of the molecule is COc1ccc(CCNc2c([N+](=O)[O-])ccc3c2CCN3)cc1OC. The van der Waals surface area contributed by atoms with Gasteiger partial charge in [-0.15, -0.1) is 0 Å². The number of nitro benzene ring substituents is 1. The lowest BCUT2D eigenvalue weighted by Crippen LogP contribution is -2.09. The van der Waals surface area contributed by atoms with Crippen LogP contribution in [0.1, 0.15) is 11.1 Å². The Labute approximate surface area is 146 Å². The van der Waals surface area contributed by atoms with E-state index in [1.165, 1.54) is 0 Å². The number of nitro groups is 1. The predicted molar refractivity (Wildman–Crippen MR) is 97.0 cm³/mol. The van der Waals surface area contributed by atoms with Crippen LogP contribution in [0.4, 0.5) is 17.1 Å². The normalized spacial score (nSPS) is 12.2. The molecule has 2 N–H and O–H groups in total. The third-order valence-electron chi connectivity index (χ3n) is 4.34. The van der Waals surface area contributed by atoms with Crippen LogP contribution in [0, 0.1) is 10.1 Å². The molecule has 25 heavy (non-hydrogen) atoms. The van der Waals surface area contributed by atoms with Crippen molar-refractivity contribution in [2.45, 2.75) is 12.8 Å². The van der Waals surface area contributed by atoms with Gasteiger partial charge in [0.05, 0.1) is 19.1 Å². The summed E-state index contributed by atoms with van der Waals surface area (Å²) in [6.07, 6.45) is 1.50. The van der Waals surface area contributed by atoms with E-state index in [1.807, 2.05) is 18.2 Å². The topological polar surface area (TPSA) is 85.7 Å². The molecule has 0 saturated carbocycles. The minimum Gasteiger partial charge on any atom is -0.493 e. The first-order valence-corrected chi connectivity index (χ1v) is 8.13. The van der Waals surface area contributed by atoms with Crippen molar-refractivity contribution in [2.75, 3.05) is 37.9 Å². The summed E-state index contributed by atoms with van der Waals surface area (Å²) in [5.41, 5.74) is 3.77. The highest BCUT2D eigenvalue weighted by Crippen LogP contribution is 2.37. The molecule has 3 rings (SSSR count). The Kier molecular flexibility index (Phi) is 4.92. The smallest absolute Gasteiger partial charge is 0.292 e. The third kappa shape index (κ3) is 3.45. The number of hydrogen-bond acceptors (Lipinski definition) is 6. The number of nitrogens with zero attached hydrogens (tertiary/aromatic N) is 1. The molecule has 7 nitrogen and oxygen atoms in total. The zero-order valence-corrected chi connectivity index (χ0v) is 14.3. The average molecular weight is 343 g/mol. The fourth-order valence-electron chi connectivity index (χ4n) is 3.10. The van der Waals surface area contributed by atoms with E-state index in [9.17, 15) is 10.1 Å². The highest BCUT2D eigenvalue weighted by atomic mass is 16.6. The molecule has 0 saturated heterocycles. The highest BCUT2D eigenvalue weighted by Gasteiger charge is 2.23. The van der Waals surface area contributed by atoms with Crippen molar-refractivity contribution in [2.24, 2.45) is 0 Å². The minimum absolute atomic E-state index is 0.120. The summed E-state index contributed by atoms with van der Waals surface area (Å²) in [6, 6.07) is 9.08. The first-order valence-electron chi connectivity index (χ1n) is 8.13. The molecule has 0 aliphatic carbocycles. The van der Waals surface area contributed by atoms with Gasteiger partial charge in [-0.25, -0.2) is 0 Å². The van der Waals surface area contributed by atoms with Gasteiger partial charge in [0.15, 0.2) is 11.5 Å². The summed E-state index contributed by atoms with van der Waals surface area (Å²) in [5, 5.41) is 17.8. The van der Waals surface area contributed by atoms with Gasteiger partial charge in [-0.05, 0) is 36.6 Å². The lowest BCUT2D eigenvalue weighted by molar-refractivity contribution is -0.384. The Balaban J connectivity index is 1.74. The summed E-state index contributed by atoms with van der Waals surface area (Å²) < 4.78 is 10.5. The molecule has 1 heterocycles. The molecule has 0 unspecified atom stereocenters. The van der Waals surface area contributed by atoms with E-state index < -0.39 is 0 Å². The van der Waals surface area contributed by atoms with Gasteiger partial charge in [0.25, 0.3) is 5.69 Å². The molecule has 132 valence electrons. The Morgan fingerprint density at radius 3 is 2.72 bits per heavy atom. The van der Waals surface area contributed by atoms with Crippen molar-refractivity contribution < 1.29 is 14.4 Å². The molecular weight excluding hydrogens is 322 g/mol. The quantitative estimate of drug-likeness (QED) is 0.593. The Morgan fingerprint density at radius 2 is 2.00 bits per heavy atom. The van der Waals surface area contributed by atoms with E-state index >= 15 is 0 Å². The van der Waals surface area contributed by atoms with Crippen molar-refractivity contribution in [1.29, 1.82) is 0 Å². The Hall–Kier alpha value is -2.96. The first kappa shape index (κ1) is 16.9. The lowest BCUT2D eigenvalue weighted by atomic mass is 10.1. The molecular formula is C18H21N3O4. The molecule has 0 spiro atoms. The monoisotopic (exact) mass is 343 g/mol. The Bertz CT molecular complexity index is 792. The average Bonchev–Trinajstić information content (AvgIpc) is 3.10. The molecule has 1 aliphatic heterocycles. The number of benzene rings is 2. The van der Waals surface area contributed by atoms with Gasteiger partial charge in [0.1, 0.15) is 5.69 Å². The number of ether oxygens (including phenoxy) is 2. The van der Waals surface area contributed by atoms with Gasteiger partial charge >= 0.3 is 0 Å². The van der Waals surface area contributed by atoms with Crippen molar-refractivity contribution in [3.8, 4) is 11.5 Å². The van der Waals surface area contributed by atoms with E-state index in [0.29, 0.717) is 30.2 Å². The number of fused-ring (bicyclic) bond motifs is 1. The number of nitrogens with one attached hydrogen (secondary N) is 2. The van der Waals surface area contributed by atoms with Crippen LogP contribution in [0.5, 0.6) is 11.5 Å². The van der Waals surface area contributed by atoms with Gasteiger partial charge in [-0.1, -0.05) is 6.07 Å². The molecule has 0 amide bonds. The van der Waals surface area contributed by atoms with Crippen LogP contribution in [-0.2, 0) is 12.8 Å². The number of rotatable bonds is 7. The van der Waals surface area contributed by atoms with E-state index in [-0.39, 0.29) is 10.6 Å². The fourth-order valence-corrected chi connectivity index (χ4v) is 3.10. The van der Waals surface area contributed by atoms with E-state index in [2.05, 4.69) is 10.6 Å². The standard InChI is InChI=1S/C18H21N3O4/c1-24-16-6-3-12(11-17(16)25-2)7-9-20-18-13-8-10-19-14(13)4-5-15(18)21(22)23/h3-6,11,19-20H,7-10H2,1-2H3. The summed E-state index contributed by atoms with van der Waals surface area (Å²) in [7, 11) is 3.20. The van der Waals surface area contributed by atoms with Gasteiger partial charge in [-0.3, -0.25) is 10.1 Å². The Morgan fingerprint density at radius 1 is 1.20 bits per heavy atom. The van der Waals surface area contributed by atoms with Crippen molar-refractivity contribution in [1.82, 2.24) is 0 Å². The highest BCUT2D eigenvalue weighted by molar-refractivity contribution is 5.77. The van der Waals surface area contributed by atoms with E-state index in [1.54, 1.807) is 26.4 Å². The molecule has 0 fully saturated rings. The van der Waals surface area contributed by atoms with Crippen LogP contribution in [0.15, 0.2) is 30.3 Å². The number of methoxy groups -OCH3 is 2.